The molecule has 0 aromatic heterocycles. The summed E-state index contributed by atoms with van der Waals surface area (Å²) in [5.74, 6) is -0.689. The van der Waals surface area contributed by atoms with E-state index in [1.54, 1.807) is 17.0 Å². The fourth-order valence-electron chi connectivity index (χ4n) is 3.38. The fourth-order valence-corrected chi connectivity index (χ4v) is 4.52. The lowest BCUT2D eigenvalue weighted by atomic mass is 10.0. The lowest BCUT2D eigenvalue weighted by Crippen LogP contribution is -2.46. The van der Waals surface area contributed by atoms with Crippen molar-refractivity contribution >= 4 is 27.5 Å². The number of halogens is 1. The van der Waals surface area contributed by atoms with E-state index in [9.17, 15) is 22.4 Å². The van der Waals surface area contributed by atoms with Gasteiger partial charge in [0.15, 0.2) is 0 Å². The highest BCUT2D eigenvalue weighted by Crippen LogP contribution is 2.20. The van der Waals surface area contributed by atoms with Crippen LogP contribution in [0.3, 0.4) is 0 Å². The molecule has 2 aromatic rings. The van der Waals surface area contributed by atoms with Gasteiger partial charge in [0.1, 0.15) is 5.82 Å². The van der Waals surface area contributed by atoms with Crippen LogP contribution in [-0.4, -0.2) is 44.3 Å². The highest BCUT2D eigenvalue weighted by molar-refractivity contribution is 7.92. The van der Waals surface area contributed by atoms with Crippen molar-refractivity contribution in [3.05, 3.63) is 59.4 Å². The van der Waals surface area contributed by atoms with Gasteiger partial charge >= 0.3 is 0 Å². The lowest BCUT2D eigenvalue weighted by Gasteiger charge is -2.32. The Morgan fingerprint density at radius 2 is 1.70 bits per heavy atom. The lowest BCUT2D eigenvalue weighted by molar-refractivity contribution is -0.119. The summed E-state index contributed by atoms with van der Waals surface area (Å²) in [7, 11) is -3.87. The third kappa shape index (κ3) is 5.15. The average Bonchev–Trinajstić information content (AvgIpc) is 2.70. The van der Waals surface area contributed by atoms with E-state index in [1.807, 2.05) is 0 Å². The van der Waals surface area contributed by atoms with E-state index in [2.05, 4.69) is 10.0 Å². The Bertz CT molecular complexity index is 1050. The molecule has 1 fully saturated rings. The molecule has 0 aliphatic carbocycles. The third-order valence-electron chi connectivity index (χ3n) is 5.01. The number of hydrogen-bond acceptors (Lipinski definition) is 4. The van der Waals surface area contributed by atoms with E-state index in [4.69, 9.17) is 0 Å². The molecule has 0 saturated carbocycles. The maximum absolute atomic E-state index is 13.4. The summed E-state index contributed by atoms with van der Waals surface area (Å²) >= 11 is 0. The number of carbonyl (C=O) groups excluding carboxylic acids is 2. The molecule has 9 heteroatoms. The first-order valence-corrected chi connectivity index (χ1v) is 11.1. The summed E-state index contributed by atoms with van der Waals surface area (Å²) in [6.07, 6.45) is 1.39. The number of nitrogens with one attached hydrogen (secondary N) is 2. The predicted molar refractivity (Wildman–Crippen MR) is 111 cm³/mol. The molecule has 2 amide bonds. The zero-order chi connectivity index (χ0) is 21.9. The van der Waals surface area contributed by atoms with E-state index in [0.717, 1.165) is 6.07 Å². The average molecular weight is 434 g/mol. The number of benzene rings is 2. The minimum atomic E-state index is -3.87. The maximum Gasteiger partial charge on any atom is 0.261 e. The second-order valence-electron chi connectivity index (χ2n) is 7.36. The first-order valence-electron chi connectivity index (χ1n) is 9.61. The van der Waals surface area contributed by atoms with Crippen molar-refractivity contribution in [3.63, 3.8) is 0 Å². The molecule has 1 aliphatic heterocycles. The van der Waals surface area contributed by atoms with Gasteiger partial charge in [-0.25, -0.2) is 12.8 Å². The molecule has 0 spiro atoms. The first-order chi connectivity index (χ1) is 14.2. The molecule has 0 atom stereocenters. The van der Waals surface area contributed by atoms with Gasteiger partial charge in [0.25, 0.3) is 15.9 Å². The molecule has 160 valence electrons. The number of carbonyl (C=O) groups is 2. The quantitative estimate of drug-likeness (QED) is 0.758. The molecule has 1 heterocycles. The molecule has 2 aromatic carbocycles. The van der Waals surface area contributed by atoms with Gasteiger partial charge in [-0.1, -0.05) is 0 Å². The summed E-state index contributed by atoms with van der Waals surface area (Å²) in [4.78, 5) is 25.5. The van der Waals surface area contributed by atoms with E-state index < -0.39 is 15.8 Å². The van der Waals surface area contributed by atoms with Crippen LogP contribution in [0, 0.1) is 12.7 Å². The largest absolute Gasteiger partial charge is 0.353 e. The highest BCUT2D eigenvalue weighted by atomic mass is 32.2. The van der Waals surface area contributed by atoms with E-state index in [0.29, 0.717) is 37.2 Å². The van der Waals surface area contributed by atoms with Gasteiger partial charge in [0.05, 0.1) is 4.90 Å². The number of nitrogens with zero attached hydrogens (tertiary/aromatic N) is 1. The standard InChI is InChI=1S/C21H24FN3O4S/c1-14-13-19(7-8-20(14)22)30(28,29)24-18-5-3-16(4-6-18)21(27)25-11-9-17(10-12-25)23-15(2)26/h3-8,13,17,24H,9-12H2,1-2H3,(H,23,26). The van der Waals surface area contributed by atoms with Gasteiger partial charge in [0, 0.05) is 37.3 Å². The fraction of sp³-hybridized carbons (Fsp3) is 0.333. The topological polar surface area (TPSA) is 95.6 Å². The molecular weight excluding hydrogens is 409 g/mol. The number of sulfonamides is 1. The maximum atomic E-state index is 13.4. The number of hydrogen-bond donors (Lipinski definition) is 2. The van der Waals surface area contributed by atoms with E-state index in [-0.39, 0.29) is 28.3 Å². The molecule has 30 heavy (non-hydrogen) atoms. The van der Waals surface area contributed by atoms with E-state index in [1.165, 1.54) is 38.1 Å². The summed E-state index contributed by atoms with van der Waals surface area (Å²) in [5.41, 5.74) is 0.993. The number of rotatable bonds is 5. The number of amides is 2. The molecule has 3 rings (SSSR count). The van der Waals surface area contributed by atoms with Crippen LogP contribution >= 0.6 is 0 Å². The van der Waals surface area contributed by atoms with Crippen LogP contribution in [0.4, 0.5) is 10.1 Å². The molecular formula is C21H24FN3O4S. The van der Waals surface area contributed by atoms with Gasteiger partial charge < -0.3 is 10.2 Å². The Kier molecular flexibility index (Phi) is 6.40. The summed E-state index contributed by atoms with van der Waals surface area (Å²) in [5, 5.41) is 2.87. The minimum absolute atomic E-state index is 0.0383. The smallest absolute Gasteiger partial charge is 0.261 e. The molecule has 1 saturated heterocycles. The van der Waals surface area contributed by atoms with Crippen molar-refractivity contribution in [2.75, 3.05) is 17.8 Å². The van der Waals surface area contributed by atoms with Gasteiger partial charge in [-0.15, -0.1) is 0 Å². The summed E-state index contributed by atoms with van der Waals surface area (Å²) < 4.78 is 40.8. The Hall–Kier alpha value is -2.94. The second kappa shape index (κ2) is 8.83. The van der Waals surface area contributed by atoms with Gasteiger partial charge in [-0.3, -0.25) is 14.3 Å². The molecule has 7 nitrogen and oxygen atoms in total. The van der Waals surface area contributed by atoms with Crippen molar-refractivity contribution in [1.82, 2.24) is 10.2 Å². The Balaban J connectivity index is 1.64. The van der Waals surface area contributed by atoms with Crippen LogP contribution in [0.5, 0.6) is 0 Å². The van der Waals surface area contributed by atoms with Crippen molar-refractivity contribution in [2.24, 2.45) is 0 Å². The number of aryl methyl sites for hydroxylation is 1. The normalized spacial score (nSPS) is 15.0. The van der Waals surface area contributed by atoms with Crippen LogP contribution in [0.1, 0.15) is 35.7 Å². The zero-order valence-electron chi connectivity index (χ0n) is 16.8. The number of likely N-dealkylation sites (tertiary alicyclic amines) is 1. The Morgan fingerprint density at radius 1 is 1.07 bits per heavy atom. The monoisotopic (exact) mass is 433 g/mol. The van der Waals surface area contributed by atoms with Crippen molar-refractivity contribution in [2.45, 2.75) is 37.6 Å². The first kappa shape index (κ1) is 21.8. The number of piperidine rings is 1. The Morgan fingerprint density at radius 3 is 2.27 bits per heavy atom. The van der Waals surface area contributed by atoms with Gasteiger partial charge in [-0.2, -0.15) is 0 Å². The molecule has 1 aliphatic rings. The number of anilines is 1. The zero-order valence-corrected chi connectivity index (χ0v) is 17.6. The van der Waals surface area contributed by atoms with Gasteiger partial charge in [0.2, 0.25) is 5.91 Å². The molecule has 0 radical (unpaired) electrons. The van der Waals surface area contributed by atoms with Gasteiger partial charge in [-0.05, 0) is 67.8 Å². The van der Waals surface area contributed by atoms with Crippen LogP contribution < -0.4 is 10.0 Å². The van der Waals surface area contributed by atoms with Crippen LogP contribution in [0.15, 0.2) is 47.4 Å². The molecule has 0 unspecified atom stereocenters. The Labute approximate surface area is 175 Å². The van der Waals surface area contributed by atoms with E-state index >= 15 is 0 Å². The summed E-state index contributed by atoms with van der Waals surface area (Å²) in [6.45, 7) is 4.06. The van der Waals surface area contributed by atoms with Crippen molar-refractivity contribution in [3.8, 4) is 0 Å². The van der Waals surface area contributed by atoms with Crippen molar-refractivity contribution < 1.29 is 22.4 Å². The van der Waals surface area contributed by atoms with Crippen LogP contribution in [-0.2, 0) is 14.8 Å². The summed E-state index contributed by atoms with van der Waals surface area (Å²) in [6, 6.07) is 9.83. The minimum Gasteiger partial charge on any atom is -0.353 e. The molecule has 2 N–H and O–H groups in total. The highest BCUT2D eigenvalue weighted by Gasteiger charge is 2.24. The second-order valence-corrected chi connectivity index (χ2v) is 9.04. The van der Waals surface area contributed by atoms with Crippen molar-refractivity contribution in [1.29, 1.82) is 0 Å². The molecule has 0 bridgehead atoms. The van der Waals surface area contributed by atoms with Crippen LogP contribution in [0.25, 0.3) is 0 Å². The van der Waals surface area contributed by atoms with Crippen LogP contribution in [0.2, 0.25) is 0 Å². The predicted octanol–water partition coefficient (Wildman–Crippen LogP) is 2.68. The SMILES string of the molecule is CC(=O)NC1CCN(C(=O)c2ccc(NS(=O)(=O)c3ccc(F)c(C)c3)cc2)CC1. The third-order valence-corrected chi connectivity index (χ3v) is 6.39.